The molecule has 1 atom stereocenters. The van der Waals surface area contributed by atoms with Crippen molar-refractivity contribution in [2.24, 2.45) is 5.73 Å². The number of amides is 1. The number of carboxylic acid groups (broad SMARTS) is 1. The van der Waals surface area contributed by atoms with Crippen LogP contribution in [0.3, 0.4) is 0 Å². The van der Waals surface area contributed by atoms with Crippen molar-refractivity contribution in [3.8, 4) is 11.5 Å². The molecule has 5 rings (SSSR count). The summed E-state index contributed by atoms with van der Waals surface area (Å²) in [6.45, 7) is 2.38. The number of piperidine rings is 1. The molecule has 1 unspecified atom stereocenters. The first-order chi connectivity index (χ1) is 23.9. The average Bonchev–Trinajstić information content (AvgIpc) is 3.59. The van der Waals surface area contributed by atoms with Crippen LogP contribution in [0.2, 0.25) is 5.02 Å². The molecular weight excluding hydrogens is 725 g/mol. The summed E-state index contributed by atoms with van der Waals surface area (Å²) in [4.78, 5) is 23.5. The van der Waals surface area contributed by atoms with Crippen LogP contribution < -0.4 is 19.9 Å². The molecule has 1 saturated heterocycles. The maximum absolute atomic E-state index is 16.3. The lowest BCUT2D eigenvalue weighted by atomic mass is 9.98. The van der Waals surface area contributed by atoms with Gasteiger partial charge in [0, 0.05) is 24.7 Å². The largest absolute Gasteiger partial charge is 0.492 e. The smallest absolute Gasteiger partial charge is 0.490 e. The molecule has 4 N–H and O–H groups in total. The minimum Gasteiger partial charge on any atom is -0.492 e. The van der Waals surface area contributed by atoms with Crippen molar-refractivity contribution in [2.75, 3.05) is 19.7 Å². The van der Waals surface area contributed by atoms with Crippen molar-refractivity contribution in [3.63, 3.8) is 0 Å². The molecule has 1 aliphatic heterocycles. The van der Waals surface area contributed by atoms with Gasteiger partial charge >= 0.3 is 12.1 Å². The standard InChI is InChI=1S/C32H38ClF2N3O5S.C2HF3O2/c1-2-17-42-29-20-23(9-12-28(29)33)32(34,35)30(31(39)38-15-13-24(36)14-16-38)37-44(40,41)27-11-8-21-18-26(10-7-22(21)19-27)43-25-5-3-4-6-25;3-2(4,5)1(6)7/h7-12,18-20,24-25,30,37H,2-6,13-17,36H2,1H3;(H,6,7). The highest BCUT2D eigenvalue weighted by Crippen LogP contribution is 2.38. The fourth-order valence-corrected chi connectivity index (χ4v) is 7.04. The molecule has 280 valence electrons. The second-order valence-corrected chi connectivity index (χ2v) is 14.5. The van der Waals surface area contributed by atoms with E-state index in [9.17, 15) is 26.4 Å². The molecule has 0 spiro atoms. The Morgan fingerprint density at radius 1 is 0.980 bits per heavy atom. The van der Waals surface area contributed by atoms with Crippen molar-refractivity contribution < 1.29 is 54.5 Å². The van der Waals surface area contributed by atoms with Crippen LogP contribution in [0.15, 0.2) is 59.5 Å². The number of benzene rings is 3. The third kappa shape index (κ3) is 10.4. The Hall–Kier alpha value is -3.73. The van der Waals surface area contributed by atoms with Gasteiger partial charge in [-0.15, -0.1) is 0 Å². The number of alkyl halides is 5. The SMILES string of the molecule is CCCOc1cc(C(F)(F)C(NS(=O)(=O)c2ccc3cc(OC4CCCC4)ccc3c2)C(=O)N2CCC(N)CC2)ccc1Cl.O=C(O)C(F)(F)F. The lowest BCUT2D eigenvalue weighted by Crippen LogP contribution is -2.58. The average molecular weight is 764 g/mol. The maximum Gasteiger partial charge on any atom is 0.490 e. The lowest BCUT2D eigenvalue weighted by molar-refractivity contribution is -0.192. The second kappa shape index (κ2) is 16.7. The van der Waals surface area contributed by atoms with E-state index in [2.05, 4.69) is 4.72 Å². The van der Waals surface area contributed by atoms with E-state index in [4.69, 9.17) is 36.7 Å². The van der Waals surface area contributed by atoms with Gasteiger partial charge in [0.1, 0.15) is 11.5 Å². The van der Waals surface area contributed by atoms with Crippen LogP contribution in [0.5, 0.6) is 11.5 Å². The molecule has 1 aliphatic carbocycles. The number of nitrogens with one attached hydrogen (secondary N) is 1. The molecule has 17 heteroatoms. The summed E-state index contributed by atoms with van der Waals surface area (Å²) >= 11 is 6.17. The van der Waals surface area contributed by atoms with Crippen LogP contribution in [0.25, 0.3) is 10.8 Å². The Morgan fingerprint density at radius 3 is 2.20 bits per heavy atom. The van der Waals surface area contributed by atoms with E-state index < -0.39 is 45.6 Å². The predicted octanol–water partition coefficient (Wildman–Crippen LogP) is 6.63. The van der Waals surface area contributed by atoms with Crippen LogP contribution in [0.4, 0.5) is 22.0 Å². The van der Waals surface area contributed by atoms with Gasteiger partial charge in [-0.2, -0.15) is 26.7 Å². The lowest BCUT2D eigenvalue weighted by Gasteiger charge is -2.35. The minimum atomic E-state index is -5.08. The van der Waals surface area contributed by atoms with Crippen molar-refractivity contribution in [1.29, 1.82) is 0 Å². The Bertz CT molecular complexity index is 1800. The van der Waals surface area contributed by atoms with E-state index in [1.54, 1.807) is 18.2 Å². The van der Waals surface area contributed by atoms with Gasteiger partial charge < -0.3 is 25.2 Å². The molecule has 3 aromatic carbocycles. The van der Waals surface area contributed by atoms with Crippen LogP contribution in [0, 0.1) is 0 Å². The number of nitrogens with zero attached hydrogens (tertiary/aromatic N) is 1. The van der Waals surface area contributed by atoms with Gasteiger partial charge in [0.05, 0.1) is 22.6 Å². The zero-order valence-corrected chi connectivity index (χ0v) is 29.2. The number of fused-ring (bicyclic) bond motifs is 1. The maximum atomic E-state index is 16.3. The molecule has 51 heavy (non-hydrogen) atoms. The number of likely N-dealkylation sites (tertiary alicyclic amines) is 1. The Labute approximate surface area is 297 Å². The molecular formula is C34H39ClF5N3O7S. The van der Waals surface area contributed by atoms with Gasteiger partial charge in [0.15, 0.2) is 6.04 Å². The molecule has 10 nitrogen and oxygen atoms in total. The molecule has 3 aromatic rings. The van der Waals surface area contributed by atoms with E-state index in [1.807, 2.05) is 13.0 Å². The molecule has 0 radical (unpaired) electrons. The van der Waals surface area contributed by atoms with Crippen molar-refractivity contribution in [2.45, 2.75) is 87.1 Å². The molecule has 2 fully saturated rings. The molecule has 2 aliphatic rings. The highest BCUT2D eigenvalue weighted by molar-refractivity contribution is 7.89. The highest BCUT2D eigenvalue weighted by atomic mass is 35.5. The molecule has 1 amide bonds. The zero-order valence-electron chi connectivity index (χ0n) is 27.6. The van der Waals surface area contributed by atoms with Crippen molar-refractivity contribution in [1.82, 2.24) is 9.62 Å². The number of aliphatic carboxylic acids is 1. The first-order valence-corrected chi connectivity index (χ1v) is 18.2. The van der Waals surface area contributed by atoms with Crippen LogP contribution >= 0.6 is 11.6 Å². The first-order valence-electron chi connectivity index (χ1n) is 16.3. The number of rotatable bonds is 11. The third-order valence-electron chi connectivity index (χ3n) is 8.45. The minimum absolute atomic E-state index is 0.0227. The van der Waals surface area contributed by atoms with E-state index >= 15 is 8.78 Å². The van der Waals surface area contributed by atoms with Gasteiger partial charge in [-0.25, -0.2) is 13.2 Å². The fourth-order valence-electron chi connectivity index (χ4n) is 5.65. The Morgan fingerprint density at radius 2 is 1.59 bits per heavy atom. The van der Waals surface area contributed by atoms with Gasteiger partial charge in [0.25, 0.3) is 5.92 Å². The number of halogens is 6. The fraction of sp³-hybridized carbons (Fsp3) is 0.471. The second-order valence-electron chi connectivity index (χ2n) is 12.3. The summed E-state index contributed by atoms with van der Waals surface area (Å²) in [6, 6.07) is 10.5. The van der Waals surface area contributed by atoms with Gasteiger partial charge in [-0.1, -0.05) is 36.7 Å². The normalized spacial score (nSPS) is 16.7. The number of nitrogens with two attached hydrogens (primary N) is 1. The Kier molecular flexibility index (Phi) is 13.1. The molecule has 1 heterocycles. The summed E-state index contributed by atoms with van der Waals surface area (Å²) in [5.74, 6) is -7.04. The number of carbonyl (C=O) groups is 2. The first kappa shape index (κ1) is 40.0. The van der Waals surface area contributed by atoms with Crippen molar-refractivity contribution in [3.05, 3.63) is 65.2 Å². The number of hydrogen-bond acceptors (Lipinski definition) is 7. The van der Waals surface area contributed by atoms with E-state index in [0.29, 0.717) is 30.4 Å². The molecule has 0 aromatic heterocycles. The number of sulfonamides is 1. The topological polar surface area (TPSA) is 148 Å². The monoisotopic (exact) mass is 763 g/mol. The Balaban J connectivity index is 0.000000755. The summed E-state index contributed by atoms with van der Waals surface area (Å²) in [6.07, 6.45) is 0.803. The molecule has 1 saturated carbocycles. The van der Waals surface area contributed by atoms with Crippen LogP contribution in [-0.2, 0) is 25.5 Å². The van der Waals surface area contributed by atoms with Gasteiger partial charge in [-0.05, 0) is 92.1 Å². The quantitative estimate of drug-likeness (QED) is 0.185. The number of carbonyl (C=O) groups excluding carboxylic acids is 1. The number of hydrogen-bond donors (Lipinski definition) is 3. The summed E-state index contributed by atoms with van der Waals surface area (Å²) in [7, 11) is -4.59. The predicted molar refractivity (Wildman–Crippen MR) is 180 cm³/mol. The number of carboxylic acids is 1. The van der Waals surface area contributed by atoms with Crippen LogP contribution in [-0.4, -0.2) is 74.4 Å². The van der Waals surface area contributed by atoms with E-state index in [0.717, 1.165) is 43.2 Å². The summed E-state index contributed by atoms with van der Waals surface area (Å²) in [5, 5.41) is 8.57. The highest BCUT2D eigenvalue weighted by Gasteiger charge is 2.50. The summed E-state index contributed by atoms with van der Waals surface area (Å²) in [5.41, 5.74) is 5.36. The van der Waals surface area contributed by atoms with Gasteiger partial charge in [-0.3, -0.25) is 4.79 Å². The molecule has 0 bridgehead atoms. The third-order valence-corrected chi connectivity index (χ3v) is 10.2. The van der Waals surface area contributed by atoms with Crippen molar-refractivity contribution >= 4 is 44.3 Å². The zero-order chi connectivity index (χ0) is 37.6. The summed E-state index contributed by atoms with van der Waals surface area (Å²) < 4.78 is 105. The number of ether oxygens (including phenoxy) is 2. The van der Waals surface area contributed by atoms with Crippen LogP contribution in [0.1, 0.15) is 57.4 Å². The van der Waals surface area contributed by atoms with E-state index in [-0.39, 0.29) is 47.5 Å². The van der Waals surface area contributed by atoms with E-state index in [1.165, 1.54) is 23.1 Å². The van der Waals surface area contributed by atoms with Gasteiger partial charge in [0.2, 0.25) is 15.9 Å².